The van der Waals surface area contributed by atoms with Crippen LogP contribution in [0.15, 0.2) is 254 Å². The molecule has 0 fully saturated rings. The van der Waals surface area contributed by atoms with Gasteiger partial charge >= 0.3 is 0 Å². The Balaban J connectivity index is 0.000000140. The first-order valence-corrected chi connectivity index (χ1v) is 53.9. The average molecular weight is 2040 g/mol. The SMILES string of the molecule is CC(C)CCC1(C)C(=O)C(C2=NS(=O)(=O)c3cc(NS(C)(=O)=O)ccc3N2)=C(O)c2cccn21.CC(C)CCC1(C)C(=O)C(C2=NS(=O)(=O)c3ccccc3N2)=C(O)c2cccn21.CC1(Cc2ccc(F)c(Cl)c2)C(=O)C(C2=NS(=O)(=O)c3cc(NS(C)(=O)=O)ccc3N2)=C(O)c2cccn21.C[C@]1(Cc2ccc(F)cc2)C(=O)C(C2=NS(=O)(=O)c3cc(NS(C)(=O)=O)ccc3N2)=C(O)c2cccn21. The molecule has 0 saturated carbocycles. The van der Waals surface area contributed by atoms with Gasteiger partial charge in [0.2, 0.25) is 30.1 Å². The summed E-state index contributed by atoms with van der Waals surface area (Å²) in [7, 11) is -28.0. The summed E-state index contributed by atoms with van der Waals surface area (Å²) in [6.07, 6.45) is 12.3. The molecule has 12 heterocycles. The molecule has 0 spiro atoms. The summed E-state index contributed by atoms with van der Waals surface area (Å²) < 4.78 is 229. The number of nitrogens with zero attached hydrogens (tertiary/aromatic N) is 8. The molecular formula is C91H90ClF2N15O22S7. The Morgan fingerprint density at radius 1 is 0.377 bits per heavy atom. The lowest BCUT2D eigenvalue weighted by molar-refractivity contribution is -0.124. The van der Waals surface area contributed by atoms with Crippen molar-refractivity contribution in [3.63, 3.8) is 0 Å². The maximum Gasteiger partial charge on any atom is 0.286 e. The van der Waals surface area contributed by atoms with Crippen LogP contribution in [0.25, 0.3) is 23.0 Å². The van der Waals surface area contributed by atoms with Crippen LogP contribution < -0.4 is 35.4 Å². The summed E-state index contributed by atoms with van der Waals surface area (Å²) in [5, 5.41) is 55.2. The summed E-state index contributed by atoms with van der Waals surface area (Å²) in [4.78, 5) is 54.4. The quantitative estimate of drug-likeness (QED) is 0.0337. The molecule has 0 radical (unpaired) electrons. The highest BCUT2D eigenvalue weighted by Gasteiger charge is 2.52. The molecule has 11 N–H and O–H groups in total. The van der Waals surface area contributed by atoms with Crippen LogP contribution in [0.2, 0.25) is 5.02 Å². The van der Waals surface area contributed by atoms with Crippen LogP contribution in [0, 0.1) is 23.5 Å². The summed E-state index contributed by atoms with van der Waals surface area (Å²) in [5.74, 6) is -5.11. The van der Waals surface area contributed by atoms with E-state index in [2.05, 4.69) is 66.9 Å². The maximum absolute atomic E-state index is 14.0. The van der Waals surface area contributed by atoms with Crippen molar-refractivity contribution in [3.8, 4) is 0 Å². The number of benzene rings is 6. The minimum absolute atomic E-state index is 0.00874. The monoisotopic (exact) mass is 2040 g/mol. The van der Waals surface area contributed by atoms with Gasteiger partial charge < -0.3 is 60.0 Å². The van der Waals surface area contributed by atoms with Gasteiger partial charge in [0.15, 0.2) is 69.5 Å². The van der Waals surface area contributed by atoms with Crippen molar-refractivity contribution in [3.05, 3.63) is 267 Å². The fraction of sp³-hybridized carbons (Fsp3) is 0.253. The number of fused-ring (bicyclic) bond motifs is 8. The summed E-state index contributed by atoms with van der Waals surface area (Å²) in [6.45, 7) is 15.1. The Morgan fingerprint density at radius 3 is 0.971 bits per heavy atom. The van der Waals surface area contributed by atoms with E-state index < -0.39 is 133 Å². The number of para-hydroxylation sites is 1. The summed E-state index contributed by atoms with van der Waals surface area (Å²) >= 11 is 5.94. The number of rotatable bonds is 20. The number of Topliss-reactive ketones (excluding diaryl/α,β-unsaturated/α-hetero) is 4. The molecule has 0 amide bonds. The smallest absolute Gasteiger partial charge is 0.286 e. The summed E-state index contributed by atoms with van der Waals surface area (Å²) in [6, 6.07) is 40.8. The minimum Gasteiger partial charge on any atom is -0.505 e. The van der Waals surface area contributed by atoms with Crippen molar-refractivity contribution in [1.82, 2.24) is 18.3 Å². The number of aromatic nitrogens is 4. The third-order valence-corrected chi connectivity index (χ3v) is 31.4. The second kappa shape index (κ2) is 35.7. The van der Waals surface area contributed by atoms with Crippen molar-refractivity contribution in [2.24, 2.45) is 29.4 Å². The Labute approximate surface area is 797 Å². The number of halogens is 3. The lowest BCUT2D eigenvalue weighted by Gasteiger charge is -2.37. The van der Waals surface area contributed by atoms with Crippen LogP contribution in [-0.4, -0.2) is 163 Å². The number of sulfonamides is 7. The highest BCUT2D eigenvalue weighted by molar-refractivity contribution is 7.93. The van der Waals surface area contributed by atoms with Gasteiger partial charge in [-0.2, -0.15) is 33.7 Å². The molecule has 47 heteroatoms. The van der Waals surface area contributed by atoms with Crippen LogP contribution in [0.5, 0.6) is 0 Å². The van der Waals surface area contributed by atoms with Gasteiger partial charge in [-0.05, 0) is 216 Å². The van der Waals surface area contributed by atoms with Crippen LogP contribution in [0.1, 0.15) is 115 Å². The van der Waals surface area contributed by atoms with Gasteiger partial charge in [-0.3, -0.25) is 33.3 Å². The van der Waals surface area contributed by atoms with Crippen LogP contribution in [0.4, 0.5) is 48.6 Å². The minimum atomic E-state index is -4.41. The number of nitrogens with one attached hydrogen (secondary N) is 7. The van der Waals surface area contributed by atoms with E-state index in [1.807, 2.05) is 20.8 Å². The molecule has 0 saturated heterocycles. The Bertz CT molecular complexity index is 8060. The second-order valence-corrected chi connectivity index (χ2v) is 47.3. The van der Waals surface area contributed by atoms with E-state index in [0.29, 0.717) is 52.9 Å². The molecule has 724 valence electrons. The van der Waals surface area contributed by atoms with Gasteiger partial charge in [0.05, 0.1) is 69.3 Å². The van der Waals surface area contributed by atoms with E-state index in [0.717, 1.165) is 49.8 Å². The fourth-order valence-electron chi connectivity index (χ4n) is 17.2. The van der Waals surface area contributed by atoms with Gasteiger partial charge in [0, 0.05) is 54.7 Å². The van der Waals surface area contributed by atoms with E-state index in [9.17, 15) is 107 Å². The molecule has 4 aromatic heterocycles. The second-order valence-electron chi connectivity index (χ2n) is 35.4. The van der Waals surface area contributed by atoms with E-state index in [4.69, 9.17) is 11.6 Å². The van der Waals surface area contributed by atoms with Crippen LogP contribution >= 0.6 is 11.6 Å². The van der Waals surface area contributed by atoms with Crippen molar-refractivity contribution >= 4 is 191 Å². The topological polar surface area (TPSA) is 542 Å². The molecule has 0 bridgehead atoms. The number of amidine groups is 4. The molecule has 6 aromatic carbocycles. The third-order valence-electron chi connectivity index (χ3n) is 24.0. The first kappa shape index (κ1) is 98.9. The number of carbonyl (C=O) groups excluding carboxylic acids is 4. The van der Waals surface area contributed by atoms with E-state index >= 15 is 0 Å². The Morgan fingerprint density at radius 2 is 0.659 bits per heavy atom. The van der Waals surface area contributed by atoms with Crippen LogP contribution in [0.3, 0.4) is 0 Å². The van der Waals surface area contributed by atoms with Gasteiger partial charge in [-0.15, -0.1) is 17.6 Å². The molecule has 3 unspecified atom stereocenters. The van der Waals surface area contributed by atoms with Crippen molar-refractivity contribution < 1.29 is 107 Å². The third kappa shape index (κ3) is 19.0. The molecule has 37 nitrogen and oxygen atoms in total. The molecule has 18 rings (SSSR count). The summed E-state index contributed by atoms with van der Waals surface area (Å²) in [5.41, 5.74) is -2.43. The molecular weight excluding hydrogens is 1950 g/mol. The van der Waals surface area contributed by atoms with E-state index in [1.165, 1.54) is 72.8 Å². The number of anilines is 7. The molecule has 8 aliphatic heterocycles. The first-order valence-electron chi connectivity index (χ1n) is 42.1. The van der Waals surface area contributed by atoms with Crippen LogP contribution in [-0.2, 0) is 124 Å². The number of hydrogen-bond donors (Lipinski definition) is 11. The predicted molar refractivity (Wildman–Crippen MR) is 518 cm³/mol. The number of aliphatic hydroxyl groups excluding tert-OH is 4. The van der Waals surface area contributed by atoms with Crippen molar-refractivity contribution in [2.45, 2.75) is 136 Å². The van der Waals surface area contributed by atoms with Gasteiger partial charge in [0.25, 0.3) is 40.1 Å². The van der Waals surface area contributed by atoms with Crippen molar-refractivity contribution in [2.75, 3.05) is 54.2 Å². The highest BCUT2D eigenvalue weighted by Crippen LogP contribution is 2.47. The van der Waals surface area contributed by atoms with Gasteiger partial charge in [-0.25, -0.2) is 34.0 Å². The predicted octanol–water partition coefficient (Wildman–Crippen LogP) is 13.5. The first-order chi connectivity index (χ1) is 64.4. The Hall–Kier alpha value is -13.6. The fourth-order valence-corrected chi connectivity index (χ4v) is 23.6. The highest BCUT2D eigenvalue weighted by atomic mass is 35.5. The number of carbonyl (C=O) groups is 4. The lowest BCUT2D eigenvalue weighted by atomic mass is 9.80. The average Bonchev–Trinajstić information content (AvgIpc) is 1.31. The largest absolute Gasteiger partial charge is 0.505 e. The van der Waals surface area contributed by atoms with Crippen molar-refractivity contribution in [1.29, 1.82) is 0 Å². The zero-order chi connectivity index (χ0) is 100. The number of ketones is 4. The molecule has 10 aromatic rings. The molecule has 8 aliphatic rings. The lowest BCUT2D eigenvalue weighted by Crippen LogP contribution is -2.48. The van der Waals surface area contributed by atoms with E-state index in [1.54, 1.807) is 143 Å². The number of hydrogen-bond acceptors (Lipinski definition) is 26. The number of aliphatic hydroxyl groups is 4. The molecule has 4 atom stereocenters. The van der Waals surface area contributed by atoms with Gasteiger partial charge in [0.1, 0.15) is 75.7 Å². The Kier molecular flexibility index (Phi) is 25.6. The maximum atomic E-state index is 14.0. The standard InChI is InChI=1S/C24H20ClFN4O6S2.C24H21FN4O6S2.C22H26N4O6S2.C21H23N3O4S/c1-24(12-13-5-7-16(26)15(25)10-13)22(32)20(21(31)18-4-3-9-30(18)24)23-27-17-8-6-14(28-37(2,33)34)11-19(17)38(35,36)29-23;1-24(13-14-5-7-15(25)8-6-14)22(31)20(21(30)18-4-3-11-29(18)24)23-26-17-10-9-16(27-36(2,32)33)12-19(17)37(34,35)28-23;1-13(2)9-10-22(3)20(28)18(19(27)16-6-5-11-26(16)22)21-23-15-8-7-14(24-33(4,29)30)12-17(15)34(31,32)25-21;1-13(2)10-11-21(3)19(26)17(18(25)15-8-6-12-24(15)21)20-22-14-7-4-5-9-16(14)29(27,28)23-20/h3-11,28,31H,12H2,1-2H3,(H,27,29);3-12,27,30H,13H2,1-2H3,(H,26,28);5-8,11-13,24,27H,9-10H2,1-4H3,(H,23,25);4-9,12-13,25H,10-11H2,1-3H3,(H,22,23)/t;24-;;/m.0../s1. The normalized spacial score (nSPS) is 21.2. The zero-order valence-corrected chi connectivity index (χ0v) is 81.6. The molecule has 0 aliphatic carbocycles. The zero-order valence-electron chi connectivity index (χ0n) is 75.1. The molecule has 138 heavy (non-hydrogen) atoms. The van der Waals surface area contributed by atoms with Gasteiger partial charge in [-0.1, -0.05) is 69.6 Å². The van der Waals surface area contributed by atoms with E-state index in [-0.39, 0.29) is 146 Å².